The number of hydrogen-bond acceptors (Lipinski definition) is 2. The van der Waals surface area contributed by atoms with Crippen molar-refractivity contribution >= 4 is 0 Å². The molecule has 0 radical (unpaired) electrons. The Morgan fingerprint density at radius 3 is 2.25 bits per heavy atom. The standard InChI is InChI=1S/C14H26O2/c1-4-5-6-7-8-9-10-11-12-14(3,16)13(2)15/h13,15-16H,4-10H2,1-3H3. The van der Waals surface area contributed by atoms with E-state index in [2.05, 4.69) is 18.8 Å². The Hall–Kier alpha value is -0.520. The van der Waals surface area contributed by atoms with Crippen molar-refractivity contribution in [2.75, 3.05) is 0 Å². The quantitative estimate of drug-likeness (QED) is 0.517. The molecule has 2 heteroatoms. The molecule has 0 bridgehead atoms. The first-order valence-corrected chi connectivity index (χ1v) is 6.41. The minimum Gasteiger partial charge on any atom is -0.389 e. The van der Waals surface area contributed by atoms with E-state index in [0.717, 1.165) is 12.8 Å². The summed E-state index contributed by atoms with van der Waals surface area (Å²) in [7, 11) is 0. The molecule has 0 fully saturated rings. The summed E-state index contributed by atoms with van der Waals surface area (Å²) in [5, 5.41) is 18.9. The number of hydrogen-bond donors (Lipinski definition) is 2. The van der Waals surface area contributed by atoms with E-state index >= 15 is 0 Å². The summed E-state index contributed by atoms with van der Waals surface area (Å²) in [5.41, 5.74) is -1.26. The maximum atomic E-state index is 9.64. The molecule has 0 aromatic heterocycles. The second-order valence-electron chi connectivity index (χ2n) is 4.64. The van der Waals surface area contributed by atoms with Gasteiger partial charge in [-0.3, -0.25) is 0 Å². The Labute approximate surface area is 100 Å². The van der Waals surface area contributed by atoms with E-state index in [9.17, 15) is 10.2 Å². The first-order chi connectivity index (χ1) is 7.50. The van der Waals surface area contributed by atoms with Gasteiger partial charge < -0.3 is 10.2 Å². The van der Waals surface area contributed by atoms with Gasteiger partial charge in [0.1, 0.15) is 5.60 Å². The van der Waals surface area contributed by atoms with E-state index in [1.807, 2.05) is 0 Å². The monoisotopic (exact) mass is 226 g/mol. The average Bonchev–Trinajstić information content (AvgIpc) is 2.21. The fourth-order valence-electron chi connectivity index (χ4n) is 1.34. The maximum Gasteiger partial charge on any atom is 0.148 e. The summed E-state index contributed by atoms with van der Waals surface area (Å²) in [4.78, 5) is 0. The van der Waals surface area contributed by atoms with Gasteiger partial charge in [-0.1, -0.05) is 44.9 Å². The molecule has 0 aromatic carbocycles. The highest BCUT2D eigenvalue weighted by atomic mass is 16.3. The predicted molar refractivity (Wildman–Crippen MR) is 68.1 cm³/mol. The van der Waals surface area contributed by atoms with Crippen LogP contribution in [-0.2, 0) is 0 Å². The highest BCUT2D eigenvalue weighted by Crippen LogP contribution is 2.09. The van der Waals surface area contributed by atoms with Crippen LogP contribution < -0.4 is 0 Å². The Kier molecular flexibility index (Phi) is 8.33. The number of unbranched alkanes of at least 4 members (excludes halogenated alkanes) is 6. The van der Waals surface area contributed by atoms with Crippen molar-refractivity contribution in [3.63, 3.8) is 0 Å². The fraction of sp³-hybridized carbons (Fsp3) is 0.857. The predicted octanol–water partition coefficient (Wildman–Crippen LogP) is 2.87. The summed E-state index contributed by atoms with van der Waals surface area (Å²) >= 11 is 0. The summed E-state index contributed by atoms with van der Waals surface area (Å²) in [6, 6.07) is 0. The number of rotatable bonds is 7. The SMILES string of the molecule is CCCCCCCCC#CC(C)(O)C(C)O. The van der Waals surface area contributed by atoms with E-state index in [-0.39, 0.29) is 0 Å². The highest BCUT2D eigenvalue weighted by Gasteiger charge is 2.23. The van der Waals surface area contributed by atoms with Gasteiger partial charge in [-0.05, 0) is 20.3 Å². The second kappa shape index (κ2) is 8.61. The third-order valence-corrected chi connectivity index (χ3v) is 2.81. The maximum absolute atomic E-state index is 9.64. The summed E-state index contributed by atoms with van der Waals surface area (Å²) in [5.74, 6) is 5.65. The van der Waals surface area contributed by atoms with E-state index in [1.165, 1.54) is 32.1 Å². The lowest BCUT2D eigenvalue weighted by Crippen LogP contribution is -2.35. The first kappa shape index (κ1) is 15.5. The van der Waals surface area contributed by atoms with Gasteiger partial charge in [0.15, 0.2) is 0 Å². The molecule has 0 saturated carbocycles. The molecular formula is C14H26O2. The van der Waals surface area contributed by atoms with Crippen LogP contribution in [0.15, 0.2) is 0 Å². The van der Waals surface area contributed by atoms with Crippen LogP contribution >= 0.6 is 0 Å². The van der Waals surface area contributed by atoms with Crippen LogP contribution in [0.3, 0.4) is 0 Å². The van der Waals surface area contributed by atoms with Gasteiger partial charge in [0.2, 0.25) is 0 Å². The van der Waals surface area contributed by atoms with Crippen LogP contribution in [0.2, 0.25) is 0 Å². The van der Waals surface area contributed by atoms with Crippen molar-refractivity contribution in [1.29, 1.82) is 0 Å². The smallest absolute Gasteiger partial charge is 0.148 e. The van der Waals surface area contributed by atoms with E-state index in [1.54, 1.807) is 13.8 Å². The zero-order valence-corrected chi connectivity index (χ0v) is 10.9. The molecular weight excluding hydrogens is 200 g/mol. The Bertz CT molecular complexity index is 221. The minimum atomic E-state index is -1.26. The first-order valence-electron chi connectivity index (χ1n) is 6.41. The van der Waals surface area contributed by atoms with Crippen molar-refractivity contribution in [2.45, 2.75) is 77.4 Å². The van der Waals surface area contributed by atoms with E-state index in [0.29, 0.717) is 0 Å². The molecule has 2 nitrogen and oxygen atoms in total. The Balaban J connectivity index is 3.55. The van der Waals surface area contributed by atoms with Crippen molar-refractivity contribution in [1.82, 2.24) is 0 Å². The topological polar surface area (TPSA) is 40.5 Å². The van der Waals surface area contributed by atoms with Crippen molar-refractivity contribution < 1.29 is 10.2 Å². The van der Waals surface area contributed by atoms with Gasteiger partial charge in [-0.15, -0.1) is 5.92 Å². The lowest BCUT2D eigenvalue weighted by molar-refractivity contribution is -0.00793. The molecule has 0 aliphatic carbocycles. The molecule has 94 valence electrons. The molecule has 0 aromatic rings. The molecule has 0 aliphatic rings. The van der Waals surface area contributed by atoms with Crippen LogP contribution in [0.5, 0.6) is 0 Å². The number of aliphatic hydroxyl groups is 2. The van der Waals surface area contributed by atoms with Gasteiger partial charge in [0.25, 0.3) is 0 Å². The van der Waals surface area contributed by atoms with Crippen molar-refractivity contribution in [2.24, 2.45) is 0 Å². The second-order valence-corrected chi connectivity index (χ2v) is 4.64. The Morgan fingerprint density at radius 2 is 1.69 bits per heavy atom. The van der Waals surface area contributed by atoms with Gasteiger partial charge in [-0.25, -0.2) is 0 Å². The van der Waals surface area contributed by atoms with Crippen molar-refractivity contribution in [3.8, 4) is 11.8 Å². The van der Waals surface area contributed by atoms with Gasteiger partial charge in [-0.2, -0.15) is 0 Å². The molecule has 0 heterocycles. The van der Waals surface area contributed by atoms with Crippen LogP contribution in [0, 0.1) is 11.8 Å². The average molecular weight is 226 g/mol. The lowest BCUT2D eigenvalue weighted by atomic mass is 10.0. The molecule has 2 unspecified atom stereocenters. The lowest BCUT2D eigenvalue weighted by Gasteiger charge is -2.19. The zero-order chi connectivity index (χ0) is 12.4. The normalized spacial score (nSPS) is 16.1. The molecule has 2 atom stereocenters. The van der Waals surface area contributed by atoms with Crippen LogP contribution in [0.4, 0.5) is 0 Å². The Morgan fingerprint density at radius 1 is 1.12 bits per heavy atom. The van der Waals surface area contributed by atoms with E-state index < -0.39 is 11.7 Å². The van der Waals surface area contributed by atoms with Crippen LogP contribution in [0.25, 0.3) is 0 Å². The zero-order valence-electron chi connectivity index (χ0n) is 10.9. The largest absolute Gasteiger partial charge is 0.389 e. The van der Waals surface area contributed by atoms with Gasteiger partial charge in [0, 0.05) is 6.42 Å². The molecule has 0 saturated heterocycles. The third-order valence-electron chi connectivity index (χ3n) is 2.81. The highest BCUT2D eigenvalue weighted by molar-refractivity contribution is 5.13. The molecule has 2 N–H and O–H groups in total. The molecule has 0 aliphatic heterocycles. The van der Waals surface area contributed by atoms with Gasteiger partial charge in [0.05, 0.1) is 6.10 Å². The molecule has 16 heavy (non-hydrogen) atoms. The minimum absolute atomic E-state index is 0.801. The number of aliphatic hydroxyl groups excluding tert-OH is 1. The van der Waals surface area contributed by atoms with E-state index in [4.69, 9.17) is 0 Å². The molecule has 0 spiro atoms. The van der Waals surface area contributed by atoms with Crippen LogP contribution in [0.1, 0.15) is 65.7 Å². The summed E-state index contributed by atoms with van der Waals surface area (Å²) in [6.07, 6.45) is 7.51. The fourth-order valence-corrected chi connectivity index (χ4v) is 1.34. The van der Waals surface area contributed by atoms with Crippen molar-refractivity contribution in [3.05, 3.63) is 0 Å². The third kappa shape index (κ3) is 7.73. The molecule has 0 amide bonds. The van der Waals surface area contributed by atoms with Gasteiger partial charge >= 0.3 is 0 Å². The summed E-state index contributed by atoms with van der Waals surface area (Å²) in [6.45, 7) is 5.31. The van der Waals surface area contributed by atoms with Crippen LogP contribution in [-0.4, -0.2) is 21.9 Å². The summed E-state index contributed by atoms with van der Waals surface area (Å²) < 4.78 is 0. The molecule has 0 rings (SSSR count).